The maximum atomic E-state index is 12.0. The molecular weight excluding hydrogens is 373 g/mol. The Balaban J connectivity index is 2.32. The Morgan fingerprint density at radius 3 is 2.32 bits per heavy atom. The van der Waals surface area contributed by atoms with Gasteiger partial charge in [-0.25, -0.2) is 0 Å². The molecule has 0 aliphatic heterocycles. The highest BCUT2D eigenvalue weighted by molar-refractivity contribution is 14.1. The second-order valence-corrected chi connectivity index (χ2v) is 6.84. The zero-order valence-electron chi connectivity index (χ0n) is 10.2. The molecule has 0 fully saturated rings. The molecule has 2 aromatic carbocycles. The number of rotatable bonds is 3. The maximum Gasteiger partial charge on any atom is 0.282 e. The van der Waals surface area contributed by atoms with E-state index in [0.717, 1.165) is 14.7 Å². The van der Waals surface area contributed by atoms with Gasteiger partial charge in [0, 0.05) is 15.3 Å². The Morgan fingerprint density at radius 1 is 1.05 bits per heavy atom. The SMILES string of the molecule is Cc1ccc(S(=O)(=O)N=Cc2ccccc2I)cc1. The van der Waals surface area contributed by atoms with Gasteiger partial charge in [0.1, 0.15) is 0 Å². The predicted molar refractivity (Wildman–Crippen MR) is 85.1 cm³/mol. The number of nitrogens with zero attached hydrogens (tertiary/aromatic N) is 1. The Bertz CT molecular complexity index is 706. The quantitative estimate of drug-likeness (QED) is 0.601. The van der Waals surface area contributed by atoms with E-state index in [1.54, 1.807) is 24.3 Å². The largest absolute Gasteiger partial charge is 0.282 e. The van der Waals surface area contributed by atoms with E-state index in [9.17, 15) is 8.42 Å². The van der Waals surface area contributed by atoms with Gasteiger partial charge in [-0.1, -0.05) is 35.9 Å². The first-order valence-corrected chi connectivity index (χ1v) is 8.12. The average Bonchev–Trinajstić information content (AvgIpc) is 2.38. The number of benzene rings is 2. The highest BCUT2D eigenvalue weighted by Gasteiger charge is 2.11. The van der Waals surface area contributed by atoms with E-state index in [1.165, 1.54) is 6.21 Å². The summed E-state index contributed by atoms with van der Waals surface area (Å²) in [5.74, 6) is 0. The molecule has 98 valence electrons. The highest BCUT2D eigenvalue weighted by Crippen LogP contribution is 2.14. The molecule has 0 saturated carbocycles. The molecule has 19 heavy (non-hydrogen) atoms. The van der Waals surface area contributed by atoms with Crippen molar-refractivity contribution in [3.63, 3.8) is 0 Å². The third-order valence-corrected chi connectivity index (χ3v) is 4.79. The zero-order valence-corrected chi connectivity index (χ0v) is 13.2. The van der Waals surface area contributed by atoms with Gasteiger partial charge in [-0.05, 0) is 47.7 Å². The maximum absolute atomic E-state index is 12.0. The first kappa shape index (κ1) is 14.2. The first-order valence-electron chi connectivity index (χ1n) is 5.60. The average molecular weight is 385 g/mol. The summed E-state index contributed by atoms with van der Waals surface area (Å²) in [7, 11) is -3.63. The summed E-state index contributed by atoms with van der Waals surface area (Å²) in [6.45, 7) is 1.91. The van der Waals surface area contributed by atoms with Crippen LogP contribution >= 0.6 is 22.6 Å². The van der Waals surface area contributed by atoms with Crippen molar-refractivity contribution in [2.24, 2.45) is 4.40 Å². The van der Waals surface area contributed by atoms with E-state index in [0.29, 0.717) is 0 Å². The van der Waals surface area contributed by atoms with Gasteiger partial charge < -0.3 is 0 Å². The number of sulfonamides is 1. The van der Waals surface area contributed by atoms with Crippen LogP contribution in [-0.4, -0.2) is 14.6 Å². The molecule has 3 nitrogen and oxygen atoms in total. The lowest BCUT2D eigenvalue weighted by atomic mass is 10.2. The summed E-state index contributed by atoms with van der Waals surface area (Å²) in [4.78, 5) is 0.209. The molecule has 0 heterocycles. The van der Waals surface area contributed by atoms with E-state index < -0.39 is 10.0 Å². The topological polar surface area (TPSA) is 46.5 Å². The van der Waals surface area contributed by atoms with E-state index in [1.807, 2.05) is 31.2 Å². The smallest absolute Gasteiger partial charge is 0.199 e. The lowest BCUT2D eigenvalue weighted by molar-refractivity contribution is 0.598. The lowest BCUT2D eigenvalue weighted by Gasteiger charge is -2.00. The second kappa shape index (κ2) is 5.83. The van der Waals surface area contributed by atoms with Crippen LogP contribution in [0, 0.1) is 10.5 Å². The van der Waals surface area contributed by atoms with Crippen LogP contribution in [0.5, 0.6) is 0 Å². The molecule has 0 unspecified atom stereocenters. The van der Waals surface area contributed by atoms with Crippen LogP contribution in [0.4, 0.5) is 0 Å². The second-order valence-electron chi connectivity index (χ2n) is 4.04. The van der Waals surface area contributed by atoms with Gasteiger partial charge in [0.2, 0.25) is 0 Å². The summed E-state index contributed by atoms with van der Waals surface area (Å²) in [5, 5.41) is 0. The van der Waals surface area contributed by atoms with Gasteiger partial charge >= 0.3 is 0 Å². The molecule has 0 N–H and O–H groups in total. The van der Waals surface area contributed by atoms with Gasteiger partial charge in [0.25, 0.3) is 10.0 Å². The number of halogens is 1. The van der Waals surface area contributed by atoms with E-state index in [2.05, 4.69) is 27.0 Å². The molecule has 0 aliphatic carbocycles. The van der Waals surface area contributed by atoms with Gasteiger partial charge in [-0.2, -0.15) is 12.8 Å². The van der Waals surface area contributed by atoms with Crippen molar-refractivity contribution < 1.29 is 8.42 Å². The van der Waals surface area contributed by atoms with Crippen LogP contribution in [-0.2, 0) is 10.0 Å². The van der Waals surface area contributed by atoms with Crippen molar-refractivity contribution in [3.05, 3.63) is 63.2 Å². The molecule has 0 aromatic heterocycles. The number of hydrogen-bond acceptors (Lipinski definition) is 2. The van der Waals surface area contributed by atoms with Crippen molar-refractivity contribution >= 4 is 38.8 Å². The van der Waals surface area contributed by atoms with Crippen molar-refractivity contribution in [3.8, 4) is 0 Å². The molecule has 0 radical (unpaired) electrons. The molecule has 0 aliphatic rings. The number of aryl methyl sites for hydroxylation is 1. The standard InChI is InChI=1S/C14H12INO2S/c1-11-6-8-13(9-7-11)19(17,18)16-10-12-4-2-3-5-14(12)15/h2-10H,1H3. The van der Waals surface area contributed by atoms with Crippen molar-refractivity contribution in [2.45, 2.75) is 11.8 Å². The molecule has 0 amide bonds. The van der Waals surface area contributed by atoms with E-state index in [-0.39, 0.29) is 4.90 Å². The van der Waals surface area contributed by atoms with Crippen LogP contribution in [0.1, 0.15) is 11.1 Å². The molecule has 2 aromatic rings. The minimum Gasteiger partial charge on any atom is -0.199 e. The molecule has 0 bridgehead atoms. The molecule has 2 rings (SSSR count). The fraction of sp³-hybridized carbons (Fsp3) is 0.0714. The lowest BCUT2D eigenvalue weighted by Crippen LogP contribution is -1.98. The molecule has 5 heteroatoms. The minimum atomic E-state index is -3.63. The van der Waals surface area contributed by atoms with Gasteiger partial charge in [-0.15, -0.1) is 0 Å². The molecular formula is C14H12INO2S. The molecule has 0 saturated heterocycles. The Kier molecular flexibility index (Phi) is 4.36. The van der Waals surface area contributed by atoms with Gasteiger partial charge in [0.15, 0.2) is 0 Å². The fourth-order valence-electron chi connectivity index (χ4n) is 1.48. The van der Waals surface area contributed by atoms with Gasteiger partial charge in [-0.3, -0.25) is 0 Å². The van der Waals surface area contributed by atoms with E-state index >= 15 is 0 Å². The van der Waals surface area contributed by atoms with Crippen LogP contribution in [0.2, 0.25) is 0 Å². The first-order chi connectivity index (χ1) is 8.99. The fourth-order valence-corrected chi connectivity index (χ4v) is 2.86. The van der Waals surface area contributed by atoms with Crippen molar-refractivity contribution in [1.82, 2.24) is 0 Å². The third-order valence-electron chi connectivity index (χ3n) is 2.55. The van der Waals surface area contributed by atoms with Crippen molar-refractivity contribution in [1.29, 1.82) is 0 Å². The summed E-state index contributed by atoms with van der Waals surface area (Å²) in [6, 6.07) is 14.1. The summed E-state index contributed by atoms with van der Waals surface area (Å²) < 4.78 is 28.7. The Hall–Kier alpha value is -1.21. The van der Waals surface area contributed by atoms with Crippen LogP contribution in [0.25, 0.3) is 0 Å². The normalized spacial score (nSPS) is 11.9. The van der Waals surface area contributed by atoms with Crippen LogP contribution in [0.15, 0.2) is 57.8 Å². The molecule has 0 spiro atoms. The Morgan fingerprint density at radius 2 is 1.68 bits per heavy atom. The third kappa shape index (κ3) is 3.63. The molecule has 0 atom stereocenters. The minimum absolute atomic E-state index is 0.209. The monoisotopic (exact) mass is 385 g/mol. The Labute approximate surface area is 126 Å². The van der Waals surface area contributed by atoms with Crippen molar-refractivity contribution in [2.75, 3.05) is 0 Å². The summed E-state index contributed by atoms with van der Waals surface area (Å²) >= 11 is 2.14. The zero-order chi connectivity index (χ0) is 13.9. The van der Waals surface area contributed by atoms with Crippen LogP contribution < -0.4 is 0 Å². The number of hydrogen-bond donors (Lipinski definition) is 0. The highest BCUT2D eigenvalue weighted by atomic mass is 127. The van der Waals surface area contributed by atoms with E-state index in [4.69, 9.17) is 0 Å². The summed E-state index contributed by atoms with van der Waals surface area (Å²) in [6.07, 6.45) is 1.39. The van der Waals surface area contributed by atoms with Gasteiger partial charge in [0.05, 0.1) is 4.90 Å². The predicted octanol–water partition coefficient (Wildman–Crippen LogP) is 3.41. The van der Waals surface area contributed by atoms with Crippen LogP contribution in [0.3, 0.4) is 0 Å². The summed E-state index contributed by atoms with van der Waals surface area (Å²) in [5.41, 5.74) is 1.80.